The van der Waals surface area contributed by atoms with Crippen molar-refractivity contribution >= 4 is 17.8 Å². The number of amides is 1. The molecule has 1 heterocycles. The number of carbonyl (C=O) groups is 2. The van der Waals surface area contributed by atoms with Crippen LogP contribution in [-0.4, -0.2) is 22.1 Å². The number of aliphatic carboxylic acids is 1. The summed E-state index contributed by atoms with van der Waals surface area (Å²) in [5.41, 5.74) is -0.238. The number of carboxylic acid groups (broad SMARTS) is 1. The van der Waals surface area contributed by atoms with Crippen molar-refractivity contribution in [3.63, 3.8) is 0 Å². The lowest BCUT2D eigenvalue weighted by Gasteiger charge is -2.22. The fraction of sp³-hybridized carbons (Fsp3) is 0.583. The highest BCUT2D eigenvalue weighted by molar-refractivity contribution is 5.93. The van der Waals surface area contributed by atoms with E-state index in [1.807, 2.05) is 0 Å². The summed E-state index contributed by atoms with van der Waals surface area (Å²) in [6.07, 6.45) is 2.83. The van der Waals surface area contributed by atoms with Crippen LogP contribution in [0.15, 0.2) is 10.6 Å². The van der Waals surface area contributed by atoms with Gasteiger partial charge in [0.05, 0.1) is 11.1 Å². The minimum atomic E-state index is -0.904. The Bertz CT molecular complexity index is 460. The Hall–Kier alpha value is -1.85. The molecule has 6 nitrogen and oxygen atoms in total. The second-order valence-electron chi connectivity index (χ2n) is 4.85. The molecule has 2 rings (SSSR count). The molecule has 2 N–H and O–H groups in total. The number of anilines is 1. The van der Waals surface area contributed by atoms with Crippen molar-refractivity contribution in [3.8, 4) is 0 Å². The van der Waals surface area contributed by atoms with Crippen LogP contribution >= 0.6 is 0 Å². The fourth-order valence-corrected chi connectivity index (χ4v) is 2.43. The van der Waals surface area contributed by atoms with Crippen LogP contribution in [0.2, 0.25) is 0 Å². The van der Waals surface area contributed by atoms with E-state index < -0.39 is 11.4 Å². The van der Waals surface area contributed by atoms with E-state index in [0.29, 0.717) is 18.5 Å². The van der Waals surface area contributed by atoms with Crippen LogP contribution < -0.4 is 5.32 Å². The third-order valence-electron chi connectivity index (χ3n) is 3.40. The molecule has 0 atom stereocenters. The number of rotatable bonds is 4. The Kier molecular flexibility index (Phi) is 3.36. The second kappa shape index (κ2) is 4.80. The van der Waals surface area contributed by atoms with Gasteiger partial charge in [0, 0.05) is 12.5 Å². The van der Waals surface area contributed by atoms with Crippen LogP contribution in [0.4, 0.5) is 5.88 Å². The zero-order valence-corrected chi connectivity index (χ0v) is 10.2. The average molecular weight is 252 g/mol. The maximum Gasteiger partial charge on any atom is 0.310 e. The summed E-state index contributed by atoms with van der Waals surface area (Å²) < 4.78 is 4.86. The van der Waals surface area contributed by atoms with Crippen LogP contribution in [0.3, 0.4) is 0 Å². The predicted molar refractivity (Wildman–Crippen MR) is 63.0 cm³/mol. The van der Waals surface area contributed by atoms with E-state index in [4.69, 9.17) is 4.52 Å². The zero-order chi connectivity index (χ0) is 13.2. The van der Waals surface area contributed by atoms with E-state index in [0.717, 1.165) is 12.8 Å². The molecule has 0 aromatic carbocycles. The minimum Gasteiger partial charge on any atom is -0.481 e. The van der Waals surface area contributed by atoms with E-state index in [1.165, 1.54) is 0 Å². The Morgan fingerprint density at radius 3 is 2.67 bits per heavy atom. The van der Waals surface area contributed by atoms with Gasteiger partial charge in [0.15, 0.2) is 0 Å². The molecule has 1 aromatic rings. The number of carboxylic acids is 1. The molecule has 0 aliphatic heterocycles. The first kappa shape index (κ1) is 12.6. The SMILES string of the molecule is Cc1cc(NC(=O)CC2(C(=O)O)CCCC2)on1. The van der Waals surface area contributed by atoms with Gasteiger partial charge in [-0.3, -0.25) is 14.9 Å². The molecule has 0 spiro atoms. The molecule has 0 unspecified atom stereocenters. The molecule has 1 saturated carbocycles. The van der Waals surface area contributed by atoms with Gasteiger partial charge in [-0.15, -0.1) is 0 Å². The summed E-state index contributed by atoms with van der Waals surface area (Å²) in [6.45, 7) is 1.74. The van der Waals surface area contributed by atoms with Crippen LogP contribution in [-0.2, 0) is 9.59 Å². The summed E-state index contributed by atoms with van der Waals surface area (Å²) in [6, 6.07) is 1.60. The average Bonchev–Trinajstić information content (AvgIpc) is 2.89. The lowest BCUT2D eigenvalue weighted by atomic mass is 9.82. The molecule has 1 amide bonds. The van der Waals surface area contributed by atoms with Crippen molar-refractivity contribution in [3.05, 3.63) is 11.8 Å². The van der Waals surface area contributed by atoms with E-state index in [-0.39, 0.29) is 18.2 Å². The van der Waals surface area contributed by atoms with Gasteiger partial charge in [0.25, 0.3) is 0 Å². The molecule has 1 fully saturated rings. The Morgan fingerprint density at radius 1 is 1.50 bits per heavy atom. The molecule has 0 saturated heterocycles. The predicted octanol–water partition coefficient (Wildman–Crippen LogP) is 1.96. The number of carbonyl (C=O) groups excluding carboxylic acids is 1. The van der Waals surface area contributed by atoms with Crippen LogP contribution in [0.1, 0.15) is 37.8 Å². The van der Waals surface area contributed by atoms with Gasteiger partial charge >= 0.3 is 5.97 Å². The number of aryl methyl sites for hydroxylation is 1. The van der Waals surface area contributed by atoms with E-state index >= 15 is 0 Å². The van der Waals surface area contributed by atoms with Crippen molar-refractivity contribution < 1.29 is 19.2 Å². The molecular weight excluding hydrogens is 236 g/mol. The molecule has 1 aliphatic carbocycles. The standard InChI is InChI=1S/C12H16N2O4/c1-8-6-10(18-14-8)13-9(15)7-12(11(16)17)4-2-3-5-12/h6H,2-5,7H2,1H3,(H,13,15)(H,16,17). The summed E-state index contributed by atoms with van der Waals surface area (Å²) >= 11 is 0. The lowest BCUT2D eigenvalue weighted by molar-refractivity contribution is -0.150. The molecule has 1 aliphatic rings. The Morgan fingerprint density at radius 2 is 2.17 bits per heavy atom. The van der Waals surface area contributed by atoms with Crippen molar-refractivity contribution in [2.45, 2.75) is 39.0 Å². The molecule has 6 heteroatoms. The highest BCUT2D eigenvalue weighted by atomic mass is 16.5. The molecule has 0 bridgehead atoms. The number of hydrogen-bond donors (Lipinski definition) is 2. The number of hydrogen-bond acceptors (Lipinski definition) is 4. The van der Waals surface area contributed by atoms with E-state index in [9.17, 15) is 14.7 Å². The third kappa shape index (κ3) is 2.52. The first-order valence-corrected chi connectivity index (χ1v) is 5.98. The highest BCUT2D eigenvalue weighted by Crippen LogP contribution is 2.41. The lowest BCUT2D eigenvalue weighted by Crippen LogP contribution is -2.32. The van der Waals surface area contributed by atoms with Gasteiger partial charge in [-0.25, -0.2) is 0 Å². The van der Waals surface area contributed by atoms with Gasteiger partial charge in [-0.1, -0.05) is 18.0 Å². The zero-order valence-electron chi connectivity index (χ0n) is 10.2. The van der Waals surface area contributed by atoms with E-state index in [2.05, 4.69) is 10.5 Å². The monoisotopic (exact) mass is 252 g/mol. The van der Waals surface area contributed by atoms with Crippen LogP contribution in [0.5, 0.6) is 0 Å². The summed E-state index contributed by atoms with van der Waals surface area (Å²) in [5.74, 6) is -0.963. The van der Waals surface area contributed by atoms with E-state index in [1.54, 1.807) is 13.0 Å². The molecule has 1 aromatic heterocycles. The minimum absolute atomic E-state index is 0.0118. The summed E-state index contributed by atoms with van der Waals surface area (Å²) in [5, 5.41) is 15.5. The van der Waals surface area contributed by atoms with Gasteiger partial charge in [-0.2, -0.15) is 0 Å². The summed E-state index contributed by atoms with van der Waals surface area (Å²) in [4.78, 5) is 23.1. The largest absolute Gasteiger partial charge is 0.481 e. The van der Waals surface area contributed by atoms with Crippen LogP contribution in [0.25, 0.3) is 0 Å². The van der Waals surface area contributed by atoms with Crippen molar-refractivity contribution in [2.24, 2.45) is 5.41 Å². The van der Waals surface area contributed by atoms with Gasteiger partial charge in [0.1, 0.15) is 0 Å². The van der Waals surface area contributed by atoms with Crippen molar-refractivity contribution in [1.29, 1.82) is 0 Å². The quantitative estimate of drug-likeness (QED) is 0.854. The maximum absolute atomic E-state index is 11.8. The highest BCUT2D eigenvalue weighted by Gasteiger charge is 2.43. The Labute approximate surface area is 104 Å². The normalized spacial score (nSPS) is 17.6. The summed E-state index contributed by atoms with van der Waals surface area (Å²) in [7, 11) is 0. The van der Waals surface area contributed by atoms with Gasteiger partial charge < -0.3 is 9.63 Å². The smallest absolute Gasteiger partial charge is 0.310 e. The van der Waals surface area contributed by atoms with Gasteiger partial charge in [0.2, 0.25) is 11.8 Å². The Balaban J connectivity index is 1.99. The number of nitrogens with one attached hydrogen (secondary N) is 1. The molecule has 18 heavy (non-hydrogen) atoms. The molecule has 0 radical (unpaired) electrons. The molecule has 98 valence electrons. The van der Waals surface area contributed by atoms with Crippen molar-refractivity contribution in [1.82, 2.24) is 5.16 Å². The topological polar surface area (TPSA) is 92.4 Å². The third-order valence-corrected chi connectivity index (χ3v) is 3.40. The maximum atomic E-state index is 11.8. The van der Waals surface area contributed by atoms with Gasteiger partial charge in [-0.05, 0) is 19.8 Å². The van der Waals surface area contributed by atoms with Crippen LogP contribution in [0, 0.1) is 12.3 Å². The second-order valence-corrected chi connectivity index (χ2v) is 4.85. The first-order valence-electron chi connectivity index (χ1n) is 5.98. The number of nitrogens with zero attached hydrogens (tertiary/aromatic N) is 1. The molecular formula is C12H16N2O4. The first-order chi connectivity index (χ1) is 8.52. The number of aromatic nitrogens is 1. The van der Waals surface area contributed by atoms with Crippen molar-refractivity contribution in [2.75, 3.05) is 5.32 Å². The fourth-order valence-electron chi connectivity index (χ4n) is 2.43.